The Morgan fingerprint density at radius 3 is 2.33 bits per heavy atom. The topological polar surface area (TPSA) is 138 Å². The van der Waals surface area contributed by atoms with Gasteiger partial charge in [0.1, 0.15) is 0 Å². The molecule has 2 aliphatic rings. The second-order valence-electron chi connectivity index (χ2n) is 9.91. The Hall–Kier alpha value is -2.76. The van der Waals surface area contributed by atoms with Gasteiger partial charge in [-0.2, -0.15) is 0 Å². The number of carboxylic acids is 1. The molecule has 194 valence electrons. The van der Waals surface area contributed by atoms with Gasteiger partial charge in [-0.1, -0.05) is 38.1 Å². The van der Waals surface area contributed by atoms with E-state index in [9.17, 15) is 26.4 Å². The average molecular weight is 535 g/mol. The van der Waals surface area contributed by atoms with E-state index in [2.05, 4.69) is 4.72 Å². The molecule has 0 bridgehead atoms. The molecule has 0 saturated carbocycles. The molecule has 0 spiro atoms. The van der Waals surface area contributed by atoms with Crippen LogP contribution in [-0.4, -0.2) is 57.8 Å². The molecule has 2 N–H and O–H groups in total. The first-order chi connectivity index (χ1) is 16.7. The lowest BCUT2D eigenvalue weighted by Crippen LogP contribution is -2.46. The first kappa shape index (κ1) is 26.3. The van der Waals surface area contributed by atoms with Crippen LogP contribution in [0.25, 0.3) is 0 Å². The third-order valence-corrected chi connectivity index (χ3v) is 10.6. The second-order valence-corrected chi connectivity index (χ2v) is 13.5. The molecule has 0 aliphatic carbocycles. The molecular weight excluding hydrogens is 504 g/mol. The molecule has 2 heterocycles. The van der Waals surface area contributed by atoms with Crippen LogP contribution in [0.1, 0.15) is 56.2 Å². The molecule has 9 nitrogen and oxygen atoms in total. The number of nitrogens with zero attached hydrogens (tertiary/aromatic N) is 1. The molecule has 2 aliphatic heterocycles. The number of aryl methyl sites for hydroxylation is 1. The number of hydrogen-bond donors (Lipinski definition) is 2. The molecule has 0 aromatic heterocycles. The lowest BCUT2D eigenvalue weighted by Gasteiger charge is -2.35. The number of hydrogen-bond acceptors (Lipinski definition) is 6. The molecular formula is C25H30N2O7S2. The highest BCUT2D eigenvalue weighted by atomic mass is 32.2. The predicted molar refractivity (Wildman–Crippen MR) is 132 cm³/mol. The van der Waals surface area contributed by atoms with Gasteiger partial charge in [0.05, 0.1) is 21.1 Å². The van der Waals surface area contributed by atoms with E-state index in [1.807, 2.05) is 13.8 Å². The number of nitrogens with one attached hydrogen (secondary N) is 1. The molecule has 36 heavy (non-hydrogen) atoms. The zero-order chi connectivity index (χ0) is 26.5. The van der Waals surface area contributed by atoms with E-state index in [1.54, 1.807) is 42.2 Å². The number of amides is 1. The van der Waals surface area contributed by atoms with Gasteiger partial charge in [0.2, 0.25) is 25.8 Å². The van der Waals surface area contributed by atoms with Crippen molar-refractivity contribution in [3.05, 3.63) is 53.1 Å². The number of rotatable bonds is 6. The van der Waals surface area contributed by atoms with Crippen LogP contribution in [0.3, 0.4) is 0 Å². The number of carboxylic acid groups (broad SMARTS) is 1. The fourth-order valence-electron chi connectivity index (χ4n) is 5.05. The highest BCUT2D eigenvalue weighted by Gasteiger charge is 2.41. The van der Waals surface area contributed by atoms with Crippen LogP contribution >= 0.6 is 0 Å². The monoisotopic (exact) mass is 534 g/mol. The van der Waals surface area contributed by atoms with E-state index in [1.165, 1.54) is 6.07 Å². The number of aliphatic carboxylic acids is 1. The summed E-state index contributed by atoms with van der Waals surface area (Å²) in [5, 5.41) is 8.76. The fourth-order valence-corrected chi connectivity index (χ4v) is 8.67. The summed E-state index contributed by atoms with van der Waals surface area (Å²) in [5.41, 5.74) is 1.06. The van der Waals surface area contributed by atoms with E-state index in [0.29, 0.717) is 42.6 Å². The lowest BCUT2D eigenvalue weighted by molar-refractivity contribution is -0.141. The molecule has 4 rings (SSSR count). The molecule has 0 unspecified atom stereocenters. The molecule has 2 aromatic rings. The van der Waals surface area contributed by atoms with Crippen molar-refractivity contribution in [1.82, 2.24) is 9.62 Å². The number of sulfone groups is 1. The number of likely N-dealkylation sites (tertiary alicyclic amines) is 1. The number of carbonyl (C=O) groups excluding carboxylic acids is 1. The number of benzene rings is 2. The summed E-state index contributed by atoms with van der Waals surface area (Å²) in [6, 6.07) is 9.28. The number of fused-ring (bicyclic) bond motifs is 2. The van der Waals surface area contributed by atoms with Crippen molar-refractivity contribution in [3.8, 4) is 0 Å². The third kappa shape index (κ3) is 4.67. The quantitative estimate of drug-likeness (QED) is 0.581. The first-order valence-corrected chi connectivity index (χ1v) is 14.7. The van der Waals surface area contributed by atoms with Gasteiger partial charge in [-0.05, 0) is 48.6 Å². The molecule has 1 amide bonds. The SMILES string of the molecule is Cc1cc2c(cc1S(=O)(=O)NC1CCN(C(=O)CCC(=O)O)CC1)S(=O)(=O)c1ccccc1C2(C)C. The Balaban J connectivity index is 1.58. The van der Waals surface area contributed by atoms with Crippen LogP contribution < -0.4 is 4.72 Å². The summed E-state index contributed by atoms with van der Waals surface area (Å²) in [6.45, 7) is 6.14. The molecule has 1 fully saturated rings. The van der Waals surface area contributed by atoms with Crippen LogP contribution in [0, 0.1) is 6.92 Å². The van der Waals surface area contributed by atoms with Crippen molar-refractivity contribution in [2.45, 2.75) is 72.6 Å². The molecule has 0 atom stereocenters. The molecule has 0 radical (unpaired) electrons. The Morgan fingerprint density at radius 1 is 1.06 bits per heavy atom. The zero-order valence-corrected chi connectivity index (χ0v) is 22.1. The van der Waals surface area contributed by atoms with Crippen LogP contribution in [0.4, 0.5) is 0 Å². The standard InChI is InChI=1S/C25H30N2O7S2/c1-16-14-19-22(35(31,32)20-7-5-4-6-18(20)25(19,2)3)15-21(16)36(33,34)26-17-10-12-27(13-11-17)23(28)8-9-24(29)30/h4-7,14-15,17,26H,8-13H2,1-3H3,(H,29,30). The van der Waals surface area contributed by atoms with Crippen LogP contribution in [0.15, 0.2) is 51.1 Å². The molecule has 2 aromatic carbocycles. The minimum Gasteiger partial charge on any atom is -0.481 e. The number of carbonyl (C=O) groups is 2. The van der Waals surface area contributed by atoms with Gasteiger partial charge in [-0.15, -0.1) is 0 Å². The van der Waals surface area contributed by atoms with Gasteiger partial charge in [0, 0.05) is 31.0 Å². The summed E-state index contributed by atoms with van der Waals surface area (Å²) in [4.78, 5) is 24.5. The van der Waals surface area contributed by atoms with Gasteiger partial charge in [0.25, 0.3) is 0 Å². The summed E-state index contributed by atoms with van der Waals surface area (Å²) >= 11 is 0. The fraction of sp³-hybridized carbons (Fsp3) is 0.440. The van der Waals surface area contributed by atoms with Gasteiger partial charge < -0.3 is 10.0 Å². The van der Waals surface area contributed by atoms with E-state index >= 15 is 0 Å². The largest absolute Gasteiger partial charge is 0.481 e. The minimum absolute atomic E-state index is 0.00368. The Morgan fingerprint density at radius 2 is 1.69 bits per heavy atom. The zero-order valence-electron chi connectivity index (χ0n) is 20.4. The summed E-state index contributed by atoms with van der Waals surface area (Å²) in [6.07, 6.45) is 0.419. The van der Waals surface area contributed by atoms with Gasteiger partial charge in [-0.3, -0.25) is 9.59 Å². The third-order valence-electron chi connectivity index (χ3n) is 7.10. The van der Waals surface area contributed by atoms with E-state index in [-0.39, 0.29) is 33.4 Å². The number of piperidine rings is 1. The normalized spacial score (nSPS) is 18.8. The van der Waals surface area contributed by atoms with E-state index < -0.39 is 37.3 Å². The van der Waals surface area contributed by atoms with Gasteiger partial charge >= 0.3 is 5.97 Å². The Kier molecular flexibility index (Phi) is 6.78. The van der Waals surface area contributed by atoms with Gasteiger partial charge in [-0.25, -0.2) is 21.6 Å². The highest BCUT2D eigenvalue weighted by Crippen LogP contribution is 2.46. The lowest BCUT2D eigenvalue weighted by atomic mass is 9.77. The van der Waals surface area contributed by atoms with Crippen molar-refractivity contribution in [2.24, 2.45) is 0 Å². The first-order valence-electron chi connectivity index (χ1n) is 11.8. The van der Waals surface area contributed by atoms with Crippen molar-refractivity contribution >= 4 is 31.7 Å². The summed E-state index contributed by atoms with van der Waals surface area (Å²) in [7, 11) is -7.96. The van der Waals surface area contributed by atoms with Crippen LogP contribution in [0.2, 0.25) is 0 Å². The van der Waals surface area contributed by atoms with Crippen LogP contribution in [-0.2, 0) is 34.9 Å². The maximum atomic E-state index is 13.5. The van der Waals surface area contributed by atoms with Crippen molar-refractivity contribution < 1.29 is 31.5 Å². The van der Waals surface area contributed by atoms with E-state index in [0.717, 1.165) is 0 Å². The molecule has 11 heteroatoms. The predicted octanol–water partition coefficient (Wildman–Crippen LogP) is 2.60. The maximum Gasteiger partial charge on any atom is 0.303 e. The summed E-state index contributed by atoms with van der Waals surface area (Å²) in [5.74, 6) is -1.31. The highest BCUT2D eigenvalue weighted by molar-refractivity contribution is 7.92. The van der Waals surface area contributed by atoms with E-state index in [4.69, 9.17) is 5.11 Å². The minimum atomic E-state index is -4.04. The van der Waals surface area contributed by atoms with Gasteiger partial charge in [0.15, 0.2) is 0 Å². The van der Waals surface area contributed by atoms with Crippen molar-refractivity contribution in [3.63, 3.8) is 0 Å². The Bertz CT molecular complexity index is 1440. The molecule has 1 saturated heterocycles. The smallest absolute Gasteiger partial charge is 0.303 e. The Labute approximate surface area is 211 Å². The number of sulfonamides is 1. The average Bonchev–Trinajstić information content (AvgIpc) is 2.81. The second kappa shape index (κ2) is 9.28. The maximum absolute atomic E-state index is 13.5. The van der Waals surface area contributed by atoms with Crippen molar-refractivity contribution in [2.75, 3.05) is 13.1 Å². The van der Waals surface area contributed by atoms with Crippen molar-refractivity contribution in [1.29, 1.82) is 0 Å². The van der Waals surface area contributed by atoms with Crippen LogP contribution in [0.5, 0.6) is 0 Å². The summed E-state index contributed by atoms with van der Waals surface area (Å²) < 4.78 is 56.4.